The van der Waals surface area contributed by atoms with Gasteiger partial charge in [0.15, 0.2) is 0 Å². The summed E-state index contributed by atoms with van der Waals surface area (Å²) in [7, 11) is 0. The average molecular weight is 145 g/mol. The zero-order chi connectivity index (χ0) is 8.04. The fraction of sp³-hybridized carbons (Fsp3) is 1.00. The summed E-state index contributed by atoms with van der Waals surface area (Å²) < 4.78 is 11.6. The molecule has 0 aliphatic rings. The van der Waals surface area contributed by atoms with Gasteiger partial charge in [0.1, 0.15) is 0 Å². The van der Waals surface area contributed by atoms with Crippen LogP contribution < -0.4 is 0 Å². The summed E-state index contributed by atoms with van der Waals surface area (Å²) in [5.41, 5.74) is 0.427. The predicted molar refractivity (Wildman–Crippen MR) is 43.9 cm³/mol. The Morgan fingerprint density at radius 3 is 2.00 bits per heavy atom. The van der Waals surface area contributed by atoms with Crippen LogP contribution in [0.15, 0.2) is 0 Å². The molecule has 0 aromatic rings. The molecule has 0 bridgehead atoms. The second-order valence-electron chi connectivity index (χ2n) is 4.06. The topological polar surface area (TPSA) is 0 Å². The summed E-state index contributed by atoms with van der Waals surface area (Å²) in [5, 5.41) is 0. The van der Waals surface area contributed by atoms with E-state index in [2.05, 4.69) is 20.8 Å². The van der Waals surface area contributed by atoms with E-state index in [0.717, 1.165) is 12.8 Å². The van der Waals surface area contributed by atoms with Gasteiger partial charge in [-0.1, -0.05) is 33.6 Å². The van der Waals surface area contributed by atoms with Crippen LogP contribution in [0.5, 0.6) is 0 Å². The first-order valence-electron chi connectivity index (χ1n) is 4.12. The Balaban J connectivity index is 3.04. The minimum Gasteiger partial charge on any atom is -0.251 e. The molecule has 0 aromatic carbocycles. The number of hydrogen-bond acceptors (Lipinski definition) is 0. The van der Waals surface area contributed by atoms with Crippen LogP contribution in [0.25, 0.3) is 0 Å². The maximum atomic E-state index is 11.6. The minimum atomic E-state index is -0.149. The van der Waals surface area contributed by atoms with Crippen molar-refractivity contribution < 1.29 is 4.39 Å². The number of unbranched alkanes of at least 4 members (excludes halogenated alkanes) is 2. The average Bonchev–Trinajstić information content (AvgIpc) is 1.78. The summed E-state index contributed by atoms with van der Waals surface area (Å²) in [6.45, 7) is 6.53. The molecule has 1 heteroatoms. The third kappa shape index (κ3) is 7.93. The summed E-state index contributed by atoms with van der Waals surface area (Å²) in [5.74, 6) is 0. The van der Waals surface area contributed by atoms with E-state index in [4.69, 9.17) is 0 Å². The van der Waals surface area contributed by atoms with Gasteiger partial charge in [-0.05, 0) is 18.3 Å². The predicted octanol–water partition coefficient (Wildman–Crippen LogP) is 3.56. The lowest BCUT2D eigenvalue weighted by Gasteiger charge is -2.16. The minimum absolute atomic E-state index is 0.149. The Kier molecular flexibility index (Phi) is 4.67. The highest BCUT2D eigenvalue weighted by molar-refractivity contribution is 4.60. The summed E-state index contributed by atoms with van der Waals surface area (Å²) in [6.07, 6.45) is 4.18. The van der Waals surface area contributed by atoms with Crippen molar-refractivity contribution >= 4 is 0 Å². The van der Waals surface area contributed by atoms with Gasteiger partial charge in [-0.15, -0.1) is 0 Å². The van der Waals surface area contributed by atoms with Gasteiger partial charge in [0, 0.05) is 0 Å². The first-order chi connectivity index (χ1) is 4.56. The zero-order valence-electron chi connectivity index (χ0n) is 7.41. The van der Waals surface area contributed by atoms with E-state index in [9.17, 15) is 4.39 Å². The first kappa shape index (κ1) is 9.93. The van der Waals surface area contributed by atoms with Crippen LogP contribution in [0.4, 0.5) is 4.39 Å². The molecule has 0 heterocycles. The summed E-state index contributed by atoms with van der Waals surface area (Å²) >= 11 is 0. The molecule has 0 saturated carbocycles. The van der Waals surface area contributed by atoms with Crippen LogP contribution >= 0.6 is 0 Å². The van der Waals surface area contributed by atoms with Crippen molar-refractivity contribution in [3.63, 3.8) is 0 Å². The molecule has 0 aliphatic heterocycles. The molecule has 0 atom stereocenters. The van der Waals surface area contributed by atoms with E-state index in [-0.39, 0.29) is 6.67 Å². The zero-order valence-corrected chi connectivity index (χ0v) is 7.41. The summed E-state index contributed by atoms with van der Waals surface area (Å²) in [6, 6.07) is 0. The van der Waals surface area contributed by atoms with Gasteiger partial charge in [-0.2, -0.15) is 0 Å². The van der Waals surface area contributed by atoms with E-state index in [1.54, 1.807) is 0 Å². The van der Waals surface area contributed by atoms with Crippen molar-refractivity contribution in [3.8, 4) is 0 Å². The molecule has 0 fully saturated rings. The molecule has 0 saturated heterocycles. The lowest BCUT2D eigenvalue weighted by Crippen LogP contribution is -2.03. The monoisotopic (exact) mass is 145 g/mol. The number of alkyl halides is 1. The van der Waals surface area contributed by atoms with E-state index in [0.29, 0.717) is 5.41 Å². The molecule has 0 aromatic heterocycles. The fourth-order valence-corrected chi connectivity index (χ4v) is 0.927. The normalized spacial score (nSPS) is 12.0. The third-order valence-electron chi connectivity index (χ3n) is 1.56. The molecule has 0 amide bonds. The van der Waals surface area contributed by atoms with Crippen molar-refractivity contribution in [1.29, 1.82) is 0 Å². The van der Waals surface area contributed by atoms with Gasteiger partial charge < -0.3 is 0 Å². The van der Waals surface area contributed by atoms with Gasteiger partial charge >= 0.3 is 0 Å². The fourth-order valence-electron chi connectivity index (χ4n) is 0.927. The van der Waals surface area contributed by atoms with Crippen molar-refractivity contribution in [3.05, 3.63) is 0 Å². The van der Waals surface area contributed by atoms with Gasteiger partial charge in [-0.25, -0.2) is 0 Å². The Labute approximate surface area is 63.8 Å². The van der Waals surface area contributed by atoms with E-state index in [1.807, 2.05) is 0 Å². The smallest absolute Gasteiger partial charge is 0.0894 e. The molecule has 0 nitrogen and oxygen atoms in total. The van der Waals surface area contributed by atoms with E-state index < -0.39 is 0 Å². The molecule has 0 rings (SSSR count). The van der Waals surface area contributed by atoms with E-state index in [1.165, 1.54) is 12.8 Å². The molecule has 0 N–H and O–H groups in total. The first-order valence-corrected chi connectivity index (χ1v) is 4.12. The standard InChI is InChI=1S/C9H19F/c1-9(2,3)7-5-4-6-8-10/h4-8H2,1-3H3/i10-1. The molecule has 0 spiro atoms. The molecule has 10 heavy (non-hydrogen) atoms. The SMILES string of the molecule is CC(C)(C)CCCCC[18F]. The molecule has 0 radical (unpaired) electrons. The molecule has 0 aliphatic carbocycles. The summed E-state index contributed by atoms with van der Waals surface area (Å²) in [4.78, 5) is 0. The number of halogens is 1. The number of hydrogen-bond donors (Lipinski definition) is 0. The Morgan fingerprint density at radius 2 is 1.60 bits per heavy atom. The second-order valence-corrected chi connectivity index (χ2v) is 4.06. The quantitative estimate of drug-likeness (QED) is 0.530. The molecule has 62 valence electrons. The maximum absolute atomic E-state index is 11.6. The number of rotatable bonds is 4. The van der Waals surface area contributed by atoms with Gasteiger partial charge in [0.05, 0.1) is 6.67 Å². The molecule has 0 unspecified atom stereocenters. The Bertz CT molecular complexity index is 71.3. The molecular formula is C9H19F. The van der Waals surface area contributed by atoms with Crippen LogP contribution in [0.1, 0.15) is 46.5 Å². The van der Waals surface area contributed by atoms with Crippen LogP contribution in [-0.4, -0.2) is 6.67 Å². The largest absolute Gasteiger partial charge is 0.251 e. The van der Waals surface area contributed by atoms with Crippen molar-refractivity contribution in [2.45, 2.75) is 46.5 Å². The van der Waals surface area contributed by atoms with Crippen LogP contribution in [0, 0.1) is 5.41 Å². The lowest BCUT2D eigenvalue weighted by molar-refractivity contribution is 0.350. The second kappa shape index (κ2) is 4.70. The highest BCUT2D eigenvalue weighted by atomic mass is 18.2. The van der Waals surface area contributed by atoms with Crippen LogP contribution in [-0.2, 0) is 0 Å². The third-order valence-corrected chi connectivity index (χ3v) is 1.56. The van der Waals surface area contributed by atoms with Gasteiger partial charge in [0.2, 0.25) is 0 Å². The Morgan fingerprint density at radius 1 is 1.00 bits per heavy atom. The van der Waals surface area contributed by atoms with Crippen molar-refractivity contribution in [2.75, 3.05) is 6.67 Å². The van der Waals surface area contributed by atoms with E-state index >= 15 is 0 Å². The molecular weight excluding hydrogens is 126 g/mol. The highest BCUT2D eigenvalue weighted by Crippen LogP contribution is 2.21. The van der Waals surface area contributed by atoms with Crippen LogP contribution in [0.3, 0.4) is 0 Å². The maximum Gasteiger partial charge on any atom is 0.0894 e. The lowest BCUT2D eigenvalue weighted by atomic mass is 9.90. The van der Waals surface area contributed by atoms with Crippen molar-refractivity contribution in [1.82, 2.24) is 0 Å². The van der Waals surface area contributed by atoms with Crippen LogP contribution in [0.2, 0.25) is 0 Å². The van der Waals surface area contributed by atoms with Crippen molar-refractivity contribution in [2.24, 2.45) is 5.41 Å². The van der Waals surface area contributed by atoms with Gasteiger partial charge in [0.25, 0.3) is 0 Å². The van der Waals surface area contributed by atoms with Gasteiger partial charge in [-0.3, -0.25) is 4.39 Å². The Hall–Kier alpha value is -0.0700. The highest BCUT2D eigenvalue weighted by Gasteiger charge is 2.08.